The number of hydrogen-bond acceptors (Lipinski definition) is 6. The van der Waals surface area contributed by atoms with Crippen LogP contribution in [0, 0.1) is 5.41 Å². The number of anilines is 1. The Hall–Kier alpha value is -2.90. The molecule has 0 saturated carbocycles. The molecule has 3 aromatic rings. The number of nitrogens with two attached hydrogens (primary N) is 1. The van der Waals surface area contributed by atoms with Gasteiger partial charge in [-0.2, -0.15) is 0 Å². The van der Waals surface area contributed by atoms with Crippen LogP contribution in [-0.2, 0) is 9.84 Å². The van der Waals surface area contributed by atoms with Crippen molar-refractivity contribution in [2.75, 3.05) is 32.0 Å². The molecule has 1 fully saturated rings. The van der Waals surface area contributed by atoms with Crippen molar-refractivity contribution in [3.8, 4) is 5.75 Å². The molecule has 4 rings (SSSR count). The Balaban J connectivity index is 1.53. The molecule has 31 heavy (non-hydrogen) atoms. The average molecular weight is 438 g/mol. The van der Waals surface area contributed by atoms with Crippen LogP contribution in [0.15, 0.2) is 65.6 Å². The van der Waals surface area contributed by atoms with Gasteiger partial charge in [0, 0.05) is 23.2 Å². The zero-order valence-electron chi connectivity index (χ0n) is 17.4. The highest BCUT2D eigenvalue weighted by atomic mass is 32.2. The maximum Gasteiger partial charge on any atom is 0.224 e. The minimum Gasteiger partial charge on any atom is -0.494 e. The second kappa shape index (κ2) is 9.08. The molecule has 6 nitrogen and oxygen atoms in total. The largest absolute Gasteiger partial charge is 0.494 e. The van der Waals surface area contributed by atoms with Gasteiger partial charge >= 0.3 is 0 Å². The number of sulfone groups is 1. The molecule has 1 heterocycles. The summed E-state index contributed by atoms with van der Waals surface area (Å²) < 4.78 is 32.4. The van der Waals surface area contributed by atoms with Gasteiger partial charge in [-0.1, -0.05) is 36.4 Å². The third-order valence-corrected chi connectivity index (χ3v) is 7.36. The molecule has 0 aliphatic carbocycles. The van der Waals surface area contributed by atoms with Crippen LogP contribution in [0.1, 0.15) is 24.8 Å². The van der Waals surface area contributed by atoms with Crippen LogP contribution in [0.5, 0.6) is 5.75 Å². The van der Waals surface area contributed by atoms with Crippen molar-refractivity contribution >= 4 is 31.3 Å². The lowest BCUT2D eigenvalue weighted by molar-refractivity contribution is 0.263. The van der Waals surface area contributed by atoms with E-state index in [2.05, 4.69) is 4.90 Å². The smallest absolute Gasteiger partial charge is 0.224 e. The first-order valence-electron chi connectivity index (χ1n) is 10.5. The lowest BCUT2D eigenvalue weighted by Gasteiger charge is -2.15. The fourth-order valence-electron chi connectivity index (χ4n) is 3.99. The second-order valence-electron chi connectivity index (χ2n) is 7.81. The van der Waals surface area contributed by atoms with Crippen molar-refractivity contribution in [3.63, 3.8) is 0 Å². The van der Waals surface area contributed by atoms with Crippen molar-refractivity contribution in [3.05, 3.63) is 66.2 Å². The SMILES string of the molecule is N=C(c1cc(OCCCN2CCCC2)ccc1N)S(=O)(=O)c1cccc2ccccc12. The summed E-state index contributed by atoms with van der Waals surface area (Å²) >= 11 is 0. The first kappa shape index (κ1) is 21.3. The summed E-state index contributed by atoms with van der Waals surface area (Å²) in [6, 6.07) is 17.2. The number of hydrogen-bond donors (Lipinski definition) is 2. The zero-order chi connectivity index (χ0) is 21.8. The Bertz CT molecular complexity index is 1200. The summed E-state index contributed by atoms with van der Waals surface area (Å²) in [5.41, 5.74) is 6.44. The monoisotopic (exact) mass is 437 g/mol. The van der Waals surface area contributed by atoms with Gasteiger partial charge in [-0.05, 0) is 62.0 Å². The van der Waals surface area contributed by atoms with Crippen LogP contribution in [0.4, 0.5) is 5.69 Å². The van der Waals surface area contributed by atoms with Gasteiger partial charge in [-0.3, -0.25) is 5.41 Å². The van der Waals surface area contributed by atoms with Gasteiger partial charge in [0.1, 0.15) is 5.75 Å². The molecular weight excluding hydrogens is 410 g/mol. The van der Waals surface area contributed by atoms with Crippen molar-refractivity contribution in [1.29, 1.82) is 5.41 Å². The van der Waals surface area contributed by atoms with E-state index in [-0.39, 0.29) is 16.1 Å². The lowest BCUT2D eigenvalue weighted by atomic mass is 10.1. The average Bonchev–Trinajstić information content (AvgIpc) is 3.30. The van der Waals surface area contributed by atoms with E-state index in [0.717, 1.165) is 31.4 Å². The fraction of sp³-hybridized carbons (Fsp3) is 0.292. The van der Waals surface area contributed by atoms with Crippen molar-refractivity contribution in [1.82, 2.24) is 4.90 Å². The standard InChI is InChI=1S/C24H27N3O3S/c25-22-12-11-19(30-16-6-15-27-13-3-4-14-27)17-21(22)24(26)31(28,29)23-10-5-8-18-7-1-2-9-20(18)23/h1-2,5,7-12,17,26H,3-4,6,13-16,25H2. The van der Waals surface area contributed by atoms with Crippen molar-refractivity contribution < 1.29 is 13.2 Å². The Morgan fingerprint density at radius 2 is 1.77 bits per heavy atom. The number of nitrogens with zero attached hydrogens (tertiary/aromatic N) is 1. The van der Waals surface area contributed by atoms with E-state index in [9.17, 15) is 8.42 Å². The van der Waals surface area contributed by atoms with Gasteiger partial charge in [0.2, 0.25) is 9.84 Å². The number of likely N-dealkylation sites (tertiary alicyclic amines) is 1. The quantitative estimate of drug-likeness (QED) is 0.251. The zero-order valence-corrected chi connectivity index (χ0v) is 18.2. The number of ether oxygens (including phenoxy) is 1. The van der Waals surface area contributed by atoms with Gasteiger partial charge in [0.15, 0.2) is 5.04 Å². The van der Waals surface area contributed by atoms with E-state index in [4.69, 9.17) is 15.9 Å². The maximum absolute atomic E-state index is 13.3. The first-order valence-corrected chi connectivity index (χ1v) is 12.0. The molecule has 7 heteroatoms. The number of nitrogen functional groups attached to an aromatic ring is 1. The van der Waals surface area contributed by atoms with Crippen LogP contribution in [0.25, 0.3) is 10.8 Å². The summed E-state index contributed by atoms with van der Waals surface area (Å²) in [6.07, 6.45) is 3.41. The molecular formula is C24H27N3O3S. The minimum atomic E-state index is -4.05. The van der Waals surface area contributed by atoms with Crippen LogP contribution in [-0.4, -0.2) is 44.6 Å². The third-order valence-electron chi connectivity index (χ3n) is 5.66. The Morgan fingerprint density at radius 3 is 2.58 bits per heavy atom. The molecule has 0 unspecified atom stereocenters. The molecule has 1 aliphatic rings. The van der Waals surface area contributed by atoms with Gasteiger partial charge in [0.25, 0.3) is 0 Å². The highest BCUT2D eigenvalue weighted by Crippen LogP contribution is 2.29. The Kier molecular flexibility index (Phi) is 6.25. The molecule has 162 valence electrons. The first-order chi connectivity index (χ1) is 15.0. The topological polar surface area (TPSA) is 96.5 Å². The van der Waals surface area contributed by atoms with E-state index < -0.39 is 14.9 Å². The van der Waals surface area contributed by atoms with E-state index in [0.29, 0.717) is 17.7 Å². The normalized spacial score (nSPS) is 14.7. The minimum absolute atomic E-state index is 0.104. The van der Waals surface area contributed by atoms with Crippen LogP contribution < -0.4 is 10.5 Å². The molecule has 1 saturated heterocycles. The van der Waals surface area contributed by atoms with Gasteiger partial charge < -0.3 is 15.4 Å². The molecule has 0 aromatic heterocycles. The highest BCUT2D eigenvalue weighted by Gasteiger charge is 2.26. The molecule has 1 aliphatic heterocycles. The maximum atomic E-state index is 13.3. The summed E-state index contributed by atoms with van der Waals surface area (Å²) in [5.74, 6) is 0.517. The summed E-state index contributed by atoms with van der Waals surface area (Å²) in [7, 11) is -4.05. The van der Waals surface area contributed by atoms with Gasteiger partial charge in [-0.25, -0.2) is 8.42 Å². The van der Waals surface area contributed by atoms with Crippen molar-refractivity contribution in [2.24, 2.45) is 0 Å². The number of nitrogens with one attached hydrogen (secondary N) is 1. The highest BCUT2D eigenvalue weighted by molar-refractivity contribution is 8.07. The fourth-order valence-corrected chi connectivity index (χ4v) is 5.41. The Morgan fingerprint density at radius 1 is 1.03 bits per heavy atom. The summed E-state index contributed by atoms with van der Waals surface area (Å²) in [5, 5.41) is 9.35. The summed E-state index contributed by atoms with van der Waals surface area (Å²) in [6.45, 7) is 3.82. The third kappa shape index (κ3) is 4.57. The number of benzene rings is 3. The number of rotatable bonds is 7. The van der Waals surface area contributed by atoms with E-state index in [1.54, 1.807) is 36.4 Å². The lowest BCUT2D eigenvalue weighted by Crippen LogP contribution is -2.22. The van der Waals surface area contributed by atoms with Crippen LogP contribution >= 0.6 is 0 Å². The molecule has 0 bridgehead atoms. The number of fused-ring (bicyclic) bond motifs is 1. The summed E-state index contributed by atoms with van der Waals surface area (Å²) in [4.78, 5) is 2.52. The molecule has 0 radical (unpaired) electrons. The molecule has 3 N–H and O–H groups in total. The van der Waals surface area contributed by atoms with Crippen LogP contribution in [0.2, 0.25) is 0 Å². The van der Waals surface area contributed by atoms with Crippen LogP contribution in [0.3, 0.4) is 0 Å². The molecule has 0 amide bonds. The second-order valence-corrected chi connectivity index (χ2v) is 9.66. The molecule has 0 spiro atoms. The van der Waals surface area contributed by atoms with Crippen molar-refractivity contribution in [2.45, 2.75) is 24.2 Å². The van der Waals surface area contributed by atoms with E-state index in [1.807, 2.05) is 18.2 Å². The van der Waals surface area contributed by atoms with E-state index in [1.165, 1.54) is 18.9 Å². The van der Waals surface area contributed by atoms with Gasteiger partial charge in [-0.15, -0.1) is 0 Å². The predicted molar refractivity (Wildman–Crippen MR) is 125 cm³/mol. The molecule has 0 atom stereocenters. The molecule has 3 aromatic carbocycles. The Labute approximate surface area is 183 Å². The van der Waals surface area contributed by atoms with E-state index >= 15 is 0 Å². The predicted octanol–water partition coefficient (Wildman–Crippen LogP) is 4.09. The van der Waals surface area contributed by atoms with Gasteiger partial charge in [0.05, 0.1) is 11.5 Å².